The summed E-state index contributed by atoms with van der Waals surface area (Å²) in [6.45, 7) is 1.51. The Morgan fingerprint density at radius 2 is 1.89 bits per heavy atom. The molecule has 138 valence electrons. The predicted molar refractivity (Wildman–Crippen MR) is 102 cm³/mol. The van der Waals surface area contributed by atoms with E-state index in [1.807, 2.05) is 12.1 Å². The summed E-state index contributed by atoms with van der Waals surface area (Å²) in [4.78, 5) is 36.6. The lowest BCUT2D eigenvalue weighted by Gasteiger charge is -2.10. The third-order valence-corrected chi connectivity index (χ3v) is 4.33. The summed E-state index contributed by atoms with van der Waals surface area (Å²) in [6, 6.07) is 11.5. The fraction of sp³-hybridized carbons (Fsp3) is 0.158. The summed E-state index contributed by atoms with van der Waals surface area (Å²) in [5.41, 5.74) is 0.791. The molecule has 27 heavy (non-hydrogen) atoms. The Bertz CT molecular complexity index is 1110. The topological polar surface area (TPSA) is 90.3 Å². The number of nitrogens with zero attached hydrogens (tertiary/aromatic N) is 2. The first-order valence-electron chi connectivity index (χ1n) is 8.05. The summed E-state index contributed by atoms with van der Waals surface area (Å²) in [5, 5.41) is 8.29. The van der Waals surface area contributed by atoms with Crippen LogP contribution in [0.2, 0.25) is 5.02 Å². The average Bonchev–Trinajstić information content (AvgIpc) is 2.66. The second-order valence-corrected chi connectivity index (χ2v) is 6.24. The number of hydrogen-bond donors (Lipinski definition) is 1. The van der Waals surface area contributed by atoms with Crippen LogP contribution in [0.1, 0.15) is 16.1 Å². The number of hydrogen-bond acceptors (Lipinski definition) is 5. The molecule has 0 saturated heterocycles. The van der Waals surface area contributed by atoms with E-state index in [0.29, 0.717) is 16.8 Å². The van der Waals surface area contributed by atoms with Crippen LogP contribution >= 0.6 is 11.6 Å². The largest absolute Gasteiger partial charge is 0.465 e. The molecular formula is C19H16ClN3O4. The number of ether oxygens (including phenoxy) is 1. The Morgan fingerprint density at radius 3 is 2.59 bits per heavy atom. The zero-order valence-corrected chi connectivity index (χ0v) is 15.4. The van der Waals surface area contributed by atoms with Crippen LogP contribution in [-0.2, 0) is 16.1 Å². The number of benzene rings is 2. The minimum atomic E-state index is -0.612. The summed E-state index contributed by atoms with van der Waals surface area (Å²) in [6.07, 6.45) is 0. The third-order valence-electron chi connectivity index (χ3n) is 4.00. The summed E-state index contributed by atoms with van der Waals surface area (Å²) in [7, 11) is 1.24. The van der Waals surface area contributed by atoms with Crippen LogP contribution in [0.4, 0.5) is 5.69 Å². The molecule has 1 aromatic heterocycles. The van der Waals surface area contributed by atoms with Crippen LogP contribution in [0, 0.1) is 6.92 Å². The van der Waals surface area contributed by atoms with Crippen LogP contribution in [0.15, 0.2) is 47.3 Å². The molecule has 0 aliphatic rings. The summed E-state index contributed by atoms with van der Waals surface area (Å²) in [5.74, 6) is -1.07. The van der Waals surface area contributed by atoms with Crippen LogP contribution < -0.4 is 10.9 Å². The summed E-state index contributed by atoms with van der Waals surface area (Å²) < 4.78 is 5.77. The van der Waals surface area contributed by atoms with Gasteiger partial charge in [-0.3, -0.25) is 9.59 Å². The quantitative estimate of drug-likeness (QED) is 0.697. The molecule has 0 radical (unpaired) electrons. The Hall–Kier alpha value is -3.19. The van der Waals surface area contributed by atoms with Gasteiger partial charge in [-0.05, 0) is 31.2 Å². The van der Waals surface area contributed by atoms with Crippen molar-refractivity contribution in [3.8, 4) is 0 Å². The van der Waals surface area contributed by atoms with Gasteiger partial charge in [-0.15, -0.1) is 0 Å². The first kappa shape index (κ1) is 18.6. The van der Waals surface area contributed by atoms with Gasteiger partial charge < -0.3 is 10.1 Å². The van der Waals surface area contributed by atoms with Crippen LogP contribution in [0.3, 0.4) is 0 Å². The van der Waals surface area contributed by atoms with E-state index in [-0.39, 0.29) is 22.7 Å². The number of esters is 1. The Balaban J connectivity index is 1.85. The molecule has 0 saturated carbocycles. The molecule has 1 N–H and O–H groups in total. The van der Waals surface area contributed by atoms with Crippen molar-refractivity contribution in [2.75, 3.05) is 12.4 Å². The smallest absolute Gasteiger partial charge is 0.339 e. The van der Waals surface area contributed by atoms with E-state index in [2.05, 4.69) is 15.2 Å². The second kappa shape index (κ2) is 7.59. The van der Waals surface area contributed by atoms with Crippen molar-refractivity contribution in [2.45, 2.75) is 13.5 Å². The number of methoxy groups -OCH3 is 1. The summed E-state index contributed by atoms with van der Waals surface area (Å²) >= 11 is 5.96. The van der Waals surface area contributed by atoms with E-state index >= 15 is 0 Å². The van der Waals surface area contributed by atoms with Gasteiger partial charge >= 0.3 is 5.97 Å². The highest BCUT2D eigenvalue weighted by atomic mass is 35.5. The number of rotatable bonds is 4. The Kier molecular flexibility index (Phi) is 5.23. The molecule has 0 atom stereocenters. The average molecular weight is 386 g/mol. The number of nitrogens with one attached hydrogen (secondary N) is 1. The van der Waals surface area contributed by atoms with Gasteiger partial charge in [0.05, 0.1) is 28.8 Å². The van der Waals surface area contributed by atoms with Crippen LogP contribution in [0.25, 0.3) is 10.8 Å². The maximum Gasteiger partial charge on any atom is 0.339 e. The predicted octanol–water partition coefficient (Wildman–Crippen LogP) is 2.78. The van der Waals surface area contributed by atoms with Crippen LogP contribution in [0.5, 0.6) is 0 Å². The van der Waals surface area contributed by atoms with Gasteiger partial charge in [0.2, 0.25) is 5.91 Å². The van der Waals surface area contributed by atoms with Crippen LogP contribution in [-0.4, -0.2) is 28.8 Å². The van der Waals surface area contributed by atoms with E-state index in [9.17, 15) is 14.4 Å². The SMILES string of the molecule is COC(=O)c1cc(NC(=O)Cn2nc(C)c3ccccc3c2=O)ccc1Cl. The Morgan fingerprint density at radius 1 is 1.19 bits per heavy atom. The molecule has 0 aliphatic heterocycles. The maximum atomic E-state index is 12.5. The third kappa shape index (κ3) is 3.83. The Labute approximate surface area is 159 Å². The monoisotopic (exact) mass is 385 g/mol. The molecule has 0 fully saturated rings. The highest BCUT2D eigenvalue weighted by molar-refractivity contribution is 6.33. The molecule has 3 aromatic rings. The van der Waals surface area contributed by atoms with Gasteiger partial charge in [0.25, 0.3) is 5.56 Å². The van der Waals surface area contributed by atoms with Gasteiger partial charge in [-0.1, -0.05) is 29.8 Å². The molecule has 1 heterocycles. The number of fused-ring (bicyclic) bond motifs is 1. The number of halogens is 1. The normalized spacial score (nSPS) is 10.6. The molecular weight excluding hydrogens is 370 g/mol. The lowest BCUT2D eigenvalue weighted by Crippen LogP contribution is -2.30. The molecule has 1 amide bonds. The fourth-order valence-electron chi connectivity index (χ4n) is 2.72. The van der Waals surface area contributed by atoms with E-state index in [1.165, 1.54) is 19.2 Å². The lowest BCUT2D eigenvalue weighted by atomic mass is 10.1. The number of aryl methyl sites for hydroxylation is 1. The van der Waals surface area contributed by atoms with Crippen molar-refractivity contribution in [3.05, 3.63) is 69.1 Å². The lowest BCUT2D eigenvalue weighted by molar-refractivity contribution is -0.117. The molecule has 3 rings (SSSR count). The number of aromatic nitrogens is 2. The van der Waals surface area contributed by atoms with Gasteiger partial charge in [-0.2, -0.15) is 5.10 Å². The van der Waals surface area contributed by atoms with Gasteiger partial charge in [-0.25, -0.2) is 9.48 Å². The van der Waals surface area contributed by atoms with Crippen molar-refractivity contribution in [1.29, 1.82) is 0 Å². The van der Waals surface area contributed by atoms with Gasteiger partial charge in [0.15, 0.2) is 0 Å². The minimum absolute atomic E-state index is 0.133. The number of amides is 1. The first-order chi connectivity index (χ1) is 12.9. The molecule has 7 nitrogen and oxygen atoms in total. The molecule has 0 aliphatic carbocycles. The van der Waals surface area contributed by atoms with E-state index in [4.69, 9.17) is 11.6 Å². The molecule has 2 aromatic carbocycles. The van der Waals surface area contributed by atoms with Crippen molar-refractivity contribution in [1.82, 2.24) is 9.78 Å². The number of carbonyl (C=O) groups excluding carboxylic acids is 2. The van der Waals surface area contributed by atoms with Crippen molar-refractivity contribution in [2.24, 2.45) is 0 Å². The highest BCUT2D eigenvalue weighted by Crippen LogP contribution is 2.21. The molecule has 0 bridgehead atoms. The number of anilines is 1. The standard InChI is InChI=1S/C19H16ClN3O4/c1-11-13-5-3-4-6-14(13)18(25)23(22-11)10-17(24)21-12-7-8-16(20)15(9-12)19(26)27-2/h3-9H,10H2,1-2H3,(H,21,24). The maximum absolute atomic E-state index is 12.5. The molecule has 8 heteroatoms. The first-order valence-corrected chi connectivity index (χ1v) is 8.42. The second-order valence-electron chi connectivity index (χ2n) is 5.83. The fourth-order valence-corrected chi connectivity index (χ4v) is 2.91. The zero-order chi connectivity index (χ0) is 19.6. The van der Waals surface area contributed by atoms with Gasteiger partial charge in [0.1, 0.15) is 6.54 Å². The molecule has 0 spiro atoms. The van der Waals surface area contributed by atoms with E-state index < -0.39 is 11.9 Å². The van der Waals surface area contributed by atoms with Crippen molar-refractivity contribution in [3.63, 3.8) is 0 Å². The zero-order valence-electron chi connectivity index (χ0n) is 14.7. The van der Waals surface area contributed by atoms with Gasteiger partial charge in [0, 0.05) is 11.1 Å². The van der Waals surface area contributed by atoms with Crippen molar-refractivity contribution < 1.29 is 14.3 Å². The highest BCUT2D eigenvalue weighted by Gasteiger charge is 2.14. The minimum Gasteiger partial charge on any atom is -0.465 e. The van der Waals surface area contributed by atoms with Crippen molar-refractivity contribution >= 4 is 39.9 Å². The van der Waals surface area contributed by atoms with E-state index in [1.54, 1.807) is 25.1 Å². The molecule has 0 unspecified atom stereocenters. The number of carbonyl (C=O) groups is 2. The van der Waals surface area contributed by atoms with E-state index in [0.717, 1.165) is 10.1 Å².